The van der Waals surface area contributed by atoms with Gasteiger partial charge in [-0.2, -0.15) is 8.42 Å². The molecule has 1 aromatic heterocycles. The highest BCUT2D eigenvalue weighted by atomic mass is 35.5. The van der Waals surface area contributed by atoms with Gasteiger partial charge in [0.2, 0.25) is 5.91 Å². The van der Waals surface area contributed by atoms with Gasteiger partial charge in [-0.3, -0.25) is 4.79 Å². The molecule has 5 nitrogen and oxygen atoms in total. The maximum absolute atomic E-state index is 12.8. The van der Waals surface area contributed by atoms with E-state index in [0.717, 1.165) is 4.90 Å². The van der Waals surface area contributed by atoms with E-state index in [4.69, 9.17) is 23.2 Å². The number of carbonyl (C=O) groups is 1. The number of hydrogen-bond donors (Lipinski definition) is 0. The summed E-state index contributed by atoms with van der Waals surface area (Å²) in [6.07, 6.45) is -0.392. The van der Waals surface area contributed by atoms with Crippen LogP contribution in [0.4, 0.5) is 9.57 Å². The van der Waals surface area contributed by atoms with Crippen LogP contribution in [0.1, 0.15) is 6.42 Å². The molecular weight excluding hydrogens is 306 g/mol. The summed E-state index contributed by atoms with van der Waals surface area (Å²) in [5, 5.41) is -1.22. The van der Waals surface area contributed by atoms with Gasteiger partial charge in [0.05, 0.1) is 0 Å². The van der Waals surface area contributed by atoms with Crippen molar-refractivity contribution < 1.29 is 17.1 Å². The molecule has 9 heteroatoms. The first kappa shape index (κ1) is 13.5. The average Bonchev–Trinajstić information content (AvgIpc) is 2.58. The largest absolute Gasteiger partial charge is 0.311 e. The Kier molecular flexibility index (Phi) is 3.48. The number of carbonyl (C=O) groups excluding carboxylic acids is 1. The third-order valence-corrected chi connectivity index (χ3v) is 4.05. The van der Waals surface area contributed by atoms with Gasteiger partial charge in [0.25, 0.3) is 0 Å². The monoisotopic (exact) mass is 312 g/mol. The molecule has 98 valence electrons. The first-order valence-electron chi connectivity index (χ1n) is 4.84. The summed E-state index contributed by atoms with van der Waals surface area (Å²) in [5.74, 6) is -0.500. The molecule has 1 unspecified atom stereocenters. The SMILES string of the molecule is O=C1CC(S(=O)(=O)F)CN1c1cc(Cl)nc(Cl)c1. The maximum atomic E-state index is 12.8. The lowest BCUT2D eigenvalue weighted by Gasteiger charge is -2.16. The minimum Gasteiger partial charge on any atom is -0.311 e. The molecule has 0 N–H and O–H groups in total. The second-order valence-electron chi connectivity index (χ2n) is 3.78. The van der Waals surface area contributed by atoms with Gasteiger partial charge in [-0.1, -0.05) is 23.2 Å². The Morgan fingerprint density at radius 3 is 2.33 bits per heavy atom. The molecule has 18 heavy (non-hydrogen) atoms. The molecule has 0 spiro atoms. The van der Waals surface area contributed by atoms with E-state index in [1.54, 1.807) is 0 Å². The van der Waals surface area contributed by atoms with E-state index in [0.29, 0.717) is 5.69 Å². The molecule has 0 aromatic carbocycles. The van der Waals surface area contributed by atoms with Crippen molar-refractivity contribution in [2.75, 3.05) is 11.4 Å². The molecule has 1 aromatic rings. The van der Waals surface area contributed by atoms with Gasteiger partial charge in [0.1, 0.15) is 15.6 Å². The Bertz CT molecular complexity index is 588. The van der Waals surface area contributed by atoms with Crippen LogP contribution in [0.15, 0.2) is 12.1 Å². The Hall–Kier alpha value is -0.920. The first-order valence-corrected chi connectivity index (χ1v) is 7.04. The summed E-state index contributed by atoms with van der Waals surface area (Å²) >= 11 is 11.4. The Balaban J connectivity index is 2.32. The fourth-order valence-corrected chi connectivity index (χ4v) is 2.84. The van der Waals surface area contributed by atoms with Gasteiger partial charge in [0, 0.05) is 18.7 Å². The lowest BCUT2D eigenvalue weighted by molar-refractivity contribution is -0.117. The van der Waals surface area contributed by atoms with Crippen LogP contribution in [0.2, 0.25) is 10.3 Å². The Labute approximate surface area is 113 Å². The number of aromatic nitrogens is 1. The lowest BCUT2D eigenvalue weighted by atomic mass is 10.3. The summed E-state index contributed by atoms with van der Waals surface area (Å²) < 4.78 is 34.4. The summed E-state index contributed by atoms with van der Waals surface area (Å²) in [4.78, 5) is 16.5. The van der Waals surface area contributed by atoms with Crippen molar-refractivity contribution >= 4 is 45.0 Å². The van der Waals surface area contributed by atoms with Crippen molar-refractivity contribution in [1.29, 1.82) is 0 Å². The third-order valence-electron chi connectivity index (χ3n) is 2.55. The molecule has 2 heterocycles. The molecule has 1 saturated heterocycles. The molecule has 0 saturated carbocycles. The number of anilines is 1. The highest BCUT2D eigenvalue weighted by molar-refractivity contribution is 7.87. The summed E-state index contributed by atoms with van der Waals surface area (Å²) in [6, 6.07) is 2.72. The van der Waals surface area contributed by atoms with Crippen LogP contribution < -0.4 is 4.90 Å². The van der Waals surface area contributed by atoms with Gasteiger partial charge in [0.15, 0.2) is 0 Å². The van der Waals surface area contributed by atoms with E-state index in [2.05, 4.69) is 4.98 Å². The van der Waals surface area contributed by atoms with Crippen molar-refractivity contribution in [3.8, 4) is 0 Å². The van der Waals surface area contributed by atoms with Crippen LogP contribution in [-0.4, -0.2) is 31.1 Å². The molecule has 2 rings (SSSR count). The molecule has 1 atom stereocenters. The minimum absolute atomic E-state index is 0.0665. The molecule has 1 aliphatic heterocycles. The number of hydrogen-bond acceptors (Lipinski definition) is 4. The molecule has 1 fully saturated rings. The third kappa shape index (κ3) is 2.73. The van der Waals surface area contributed by atoms with E-state index in [9.17, 15) is 17.1 Å². The predicted molar refractivity (Wildman–Crippen MR) is 65.0 cm³/mol. The minimum atomic E-state index is -4.74. The van der Waals surface area contributed by atoms with Crippen molar-refractivity contribution in [3.05, 3.63) is 22.4 Å². The van der Waals surface area contributed by atoms with Crippen LogP contribution in [0.3, 0.4) is 0 Å². The number of rotatable bonds is 2. The van der Waals surface area contributed by atoms with Crippen molar-refractivity contribution in [2.45, 2.75) is 11.7 Å². The number of amides is 1. The van der Waals surface area contributed by atoms with E-state index in [-0.39, 0.29) is 16.9 Å². The van der Waals surface area contributed by atoms with Crippen LogP contribution in [0, 0.1) is 0 Å². The Morgan fingerprint density at radius 2 is 1.89 bits per heavy atom. The fourth-order valence-electron chi connectivity index (χ4n) is 1.72. The number of pyridine rings is 1. The lowest BCUT2D eigenvalue weighted by Crippen LogP contribution is -2.26. The van der Waals surface area contributed by atoms with Gasteiger partial charge in [-0.25, -0.2) is 4.98 Å². The number of nitrogens with zero attached hydrogens (tertiary/aromatic N) is 2. The van der Waals surface area contributed by atoms with Crippen molar-refractivity contribution in [2.24, 2.45) is 0 Å². The molecule has 0 bridgehead atoms. The smallest absolute Gasteiger partial charge is 0.307 e. The Morgan fingerprint density at radius 1 is 1.33 bits per heavy atom. The van der Waals surface area contributed by atoms with Gasteiger partial charge in [-0.15, -0.1) is 3.89 Å². The molecule has 1 aliphatic rings. The van der Waals surface area contributed by atoms with E-state index >= 15 is 0 Å². The predicted octanol–water partition coefficient (Wildman–Crippen LogP) is 1.79. The molecule has 0 radical (unpaired) electrons. The molecule has 1 amide bonds. The maximum Gasteiger partial charge on any atom is 0.307 e. The number of halogens is 3. The fraction of sp³-hybridized carbons (Fsp3) is 0.333. The zero-order valence-electron chi connectivity index (χ0n) is 8.81. The molecule has 0 aliphatic carbocycles. The van der Waals surface area contributed by atoms with Crippen LogP contribution in [0.5, 0.6) is 0 Å². The molecular formula is C9H7Cl2FN2O3S. The van der Waals surface area contributed by atoms with Gasteiger partial charge < -0.3 is 4.90 Å². The van der Waals surface area contributed by atoms with Gasteiger partial charge in [-0.05, 0) is 12.1 Å². The average molecular weight is 313 g/mol. The second-order valence-corrected chi connectivity index (χ2v) is 6.17. The van der Waals surface area contributed by atoms with Crippen LogP contribution in [0.25, 0.3) is 0 Å². The standard InChI is InChI=1S/C9H7Cl2FN2O3S/c10-7-1-5(2-8(11)13-7)14-4-6(3-9(14)15)18(12,16)17/h1-2,6H,3-4H2. The van der Waals surface area contributed by atoms with Crippen LogP contribution >= 0.6 is 23.2 Å². The van der Waals surface area contributed by atoms with E-state index in [1.165, 1.54) is 12.1 Å². The van der Waals surface area contributed by atoms with Gasteiger partial charge >= 0.3 is 10.2 Å². The normalized spacial score (nSPS) is 20.5. The van der Waals surface area contributed by atoms with Crippen molar-refractivity contribution in [3.63, 3.8) is 0 Å². The first-order chi connectivity index (χ1) is 8.27. The van der Waals surface area contributed by atoms with E-state index < -0.39 is 27.8 Å². The van der Waals surface area contributed by atoms with Crippen molar-refractivity contribution in [1.82, 2.24) is 4.98 Å². The summed E-state index contributed by atoms with van der Waals surface area (Å²) in [6.45, 7) is -0.256. The quantitative estimate of drug-likeness (QED) is 0.617. The van der Waals surface area contributed by atoms with E-state index in [1.807, 2.05) is 0 Å². The summed E-state index contributed by atoms with van der Waals surface area (Å²) in [5.41, 5.74) is 0.302. The zero-order valence-corrected chi connectivity index (χ0v) is 11.1. The highest BCUT2D eigenvalue weighted by Gasteiger charge is 2.39. The van der Waals surface area contributed by atoms with Crippen LogP contribution in [-0.2, 0) is 15.0 Å². The second kappa shape index (κ2) is 4.64. The topological polar surface area (TPSA) is 67.3 Å². The zero-order chi connectivity index (χ0) is 13.5. The highest BCUT2D eigenvalue weighted by Crippen LogP contribution is 2.28. The summed E-state index contributed by atoms with van der Waals surface area (Å²) in [7, 11) is -4.74.